The van der Waals surface area contributed by atoms with Crippen LogP contribution in [0.1, 0.15) is 25.1 Å². The van der Waals surface area contributed by atoms with E-state index in [2.05, 4.69) is 15.0 Å². The van der Waals surface area contributed by atoms with Gasteiger partial charge in [0, 0.05) is 23.1 Å². The van der Waals surface area contributed by atoms with Crippen molar-refractivity contribution >= 4 is 0 Å². The number of nitrogens with zero attached hydrogens (tertiary/aromatic N) is 5. The van der Waals surface area contributed by atoms with Gasteiger partial charge in [0.15, 0.2) is 5.72 Å². The van der Waals surface area contributed by atoms with E-state index in [4.69, 9.17) is 15.0 Å². The summed E-state index contributed by atoms with van der Waals surface area (Å²) in [7, 11) is 0. The summed E-state index contributed by atoms with van der Waals surface area (Å²) in [5.74, 6) is 0.228. The summed E-state index contributed by atoms with van der Waals surface area (Å²) in [5.41, 5.74) is 6.74. The monoisotopic (exact) mass is 311 g/mol. The minimum atomic E-state index is -1.80. The Morgan fingerprint density at radius 2 is 2.45 bits per heavy atom. The van der Waals surface area contributed by atoms with Crippen LogP contribution in [0.5, 0.6) is 5.88 Å². The van der Waals surface area contributed by atoms with Crippen LogP contribution in [0.3, 0.4) is 0 Å². The van der Waals surface area contributed by atoms with Gasteiger partial charge in [0.05, 0.1) is 19.3 Å². The van der Waals surface area contributed by atoms with Gasteiger partial charge in [-0.15, -0.1) is 0 Å². The number of aliphatic hydroxyl groups excluding tert-OH is 2. The first-order valence-electron chi connectivity index (χ1n) is 6.73. The summed E-state index contributed by atoms with van der Waals surface area (Å²) >= 11 is 0. The number of hydrogen-bond donors (Lipinski definition) is 2. The van der Waals surface area contributed by atoms with Gasteiger partial charge in [-0.2, -0.15) is 4.98 Å². The summed E-state index contributed by atoms with van der Waals surface area (Å²) in [5, 5.41) is 22.7. The van der Waals surface area contributed by atoms with E-state index in [-0.39, 0.29) is 12.3 Å². The lowest BCUT2D eigenvalue weighted by Crippen LogP contribution is -2.40. The second-order valence-corrected chi connectivity index (χ2v) is 4.87. The topological polar surface area (TPSA) is 143 Å². The molecule has 0 aliphatic carbocycles. The van der Waals surface area contributed by atoms with E-state index in [0.29, 0.717) is 12.2 Å². The summed E-state index contributed by atoms with van der Waals surface area (Å²) in [6.45, 7) is 3.16. The van der Waals surface area contributed by atoms with E-state index >= 15 is 0 Å². The van der Waals surface area contributed by atoms with Crippen LogP contribution in [0.4, 0.5) is 0 Å². The highest BCUT2D eigenvalue weighted by molar-refractivity contribution is 5.20. The standard InChI is InChI=1S/C12H17N5O5/c1-3-21-10-7(2)5-17(11(20)14-10)9-4-8(19)12(6-18,22-9)15-16-13/h5,8-9,18-19H,3-4,6H2,1-2H3/t8-,9+,12+/m0/s1. The van der Waals surface area contributed by atoms with Gasteiger partial charge in [-0.1, -0.05) is 5.11 Å². The average molecular weight is 311 g/mol. The fourth-order valence-electron chi connectivity index (χ4n) is 2.29. The molecular formula is C12H17N5O5. The Labute approximate surface area is 125 Å². The predicted molar refractivity (Wildman–Crippen MR) is 74.1 cm³/mol. The fraction of sp³-hybridized carbons (Fsp3) is 0.667. The molecule has 1 aromatic heterocycles. The van der Waals surface area contributed by atoms with Gasteiger partial charge in [-0.05, 0) is 19.4 Å². The number of azide groups is 1. The lowest BCUT2D eigenvalue weighted by molar-refractivity contribution is -0.124. The Morgan fingerprint density at radius 1 is 1.73 bits per heavy atom. The summed E-state index contributed by atoms with van der Waals surface area (Å²) in [4.78, 5) is 18.4. The van der Waals surface area contributed by atoms with E-state index in [0.717, 1.165) is 0 Å². The molecule has 2 rings (SSSR count). The first kappa shape index (κ1) is 16.2. The smallest absolute Gasteiger partial charge is 0.352 e. The lowest BCUT2D eigenvalue weighted by Gasteiger charge is -2.24. The van der Waals surface area contributed by atoms with Crippen molar-refractivity contribution in [1.82, 2.24) is 9.55 Å². The molecule has 2 N–H and O–H groups in total. The molecule has 1 aromatic rings. The molecule has 0 spiro atoms. The van der Waals surface area contributed by atoms with Gasteiger partial charge in [0.25, 0.3) is 0 Å². The normalized spacial score (nSPS) is 27.5. The molecule has 0 aromatic carbocycles. The molecule has 1 aliphatic rings. The largest absolute Gasteiger partial charge is 0.478 e. The number of ether oxygens (including phenoxy) is 2. The van der Waals surface area contributed by atoms with Crippen LogP contribution in [-0.2, 0) is 4.74 Å². The molecule has 3 atom stereocenters. The zero-order valence-electron chi connectivity index (χ0n) is 12.2. The van der Waals surface area contributed by atoms with Crippen molar-refractivity contribution in [2.75, 3.05) is 13.2 Å². The van der Waals surface area contributed by atoms with Crippen molar-refractivity contribution in [2.24, 2.45) is 5.11 Å². The Bertz CT molecular complexity index is 656. The molecule has 1 saturated heterocycles. The van der Waals surface area contributed by atoms with Gasteiger partial charge in [0.1, 0.15) is 6.23 Å². The highest BCUT2D eigenvalue weighted by Gasteiger charge is 2.48. The molecule has 1 aliphatic heterocycles. The molecule has 10 nitrogen and oxygen atoms in total. The van der Waals surface area contributed by atoms with Gasteiger partial charge in [-0.25, -0.2) is 4.79 Å². The predicted octanol–water partition coefficient (Wildman–Crippen LogP) is 0.229. The number of hydrogen-bond acceptors (Lipinski definition) is 7. The third-order valence-electron chi connectivity index (χ3n) is 3.41. The van der Waals surface area contributed by atoms with Crippen LogP contribution < -0.4 is 10.4 Å². The van der Waals surface area contributed by atoms with Crippen molar-refractivity contribution < 1.29 is 19.7 Å². The average Bonchev–Trinajstić information content (AvgIpc) is 2.80. The molecule has 120 valence electrons. The molecule has 0 bridgehead atoms. The fourth-order valence-corrected chi connectivity index (χ4v) is 2.29. The van der Waals surface area contributed by atoms with Gasteiger partial charge >= 0.3 is 5.69 Å². The maximum Gasteiger partial charge on any atom is 0.352 e. The Hall–Kier alpha value is -2.13. The molecular weight excluding hydrogens is 294 g/mol. The minimum absolute atomic E-state index is 0.0193. The van der Waals surface area contributed by atoms with E-state index in [1.165, 1.54) is 10.8 Å². The van der Waals surface area contributed by atoms with Gasteiger partial charge < -0.3 is 19.7 Å². The zero-order valence-corrected chi connectivity index (χ0v) is 12.2. The second kappa shape index (κ2) is 6.32. The Kier molecular flexibility index (Phi) is 4.67. The van der Waals surface area contributed by atoms with E-state index < -0.39 is 30.4 Å². The van der Waals surface area contributed by atoms with Crippen molar-refractivity contribution in [3.8, 4) is 5.88 Å². The van der Waals surface area contributed by atoms with Crippen molar-refractivity contribution in [3.63, 3.8) is 0 Å². The maximum atomic E-state index is 12.1. The quantitative estimate of drug-likeness (QED) is 0.452. The SMILES string of the molecule is CCOc1nc(=O)n([C@H]2C[C@H](O)[C@](CO)(N=[N+]=[N-])O2)cc1C. The van der Waals surface area contributed by atoms with Crippen molar-refractivity contribution in [2.45, 2.75) is 38.3 Å². The lowest BCUT2D eigenvalue weighted by atomic mass is 10.1. The third kappa shape index (κ3) is 2.77. The molecule has 1 fully saturated rings. The number of rotatable bonds is 5. The van der Waals surface area contributed by atoms with E-state index in [1.807, 2.05) is 0 Å². The molecule has 0 saturated carbocycles. The molecule has 22 heavy (non-hydrogen) atoms. The third-order valence-corrected chi connectivity index (χ3v) is 3.41. The van der Waals surface area contributed by atoms with Crippen LogP contribution in [-0.4, -0.2) is 44.8 Å². The minimum Gasteiger partial charge on any atom is -0.478 e. The van der Waals surface area contributed by atoms with Crippen LogP contribution in [0.25, 0.3) is 10.4 Å². The Morgan fingerprint density at radius 3 is 3.05 bits per heavy atom. The highest BCUT2D eigenvalue weighted by Crippen LogP contribution is 2.37. The van der Waals surface area contributed by atoms with Crippen LogP contribution in [0.15, 0.2) is 16.1 Å². The van der Waals surface area contributed by atoms with Crippen molar-refractivity contribution in [3.05, 3.63) is 32.7 Å². The second-order valence-electron chi connectivity index (χ2n) is 4.87. The molecule has 0 amide bonds. The van der Waals surface area contributed by atoms with Gasteiger partial charge in [0.2, 0.25) is 5.88 Å². The Balaban J connectivity index is 2.36. The molecule has 10 heteroatoms. The molecule has 2 heterocycles. The first-order valence-corrected chi connectivity index (χ1v) is 6.73. The van der Waals surface area contributed by atoms with Crippen LogP contribution in [0.2, 0.25) is 0 Å². The van der Waals surface area contributed by atoms with Crippen molar-refractivity contribution in [1.29, 1.82) is 0 Å². The first-order chi connectivity index (χ1) is 10.5. The number of aromatic nitrogens is 2. The number of aryl methyl sites for hydroxylation is 1. The van der Waals surface area contributed by atoms with Gasteiger partial charge in [-0.3, -0.25) is 4.57 Å². The van der Waals surface area contributed by atoms with Crippen LogP contribution >= 0.6 is 0 Å². The maximum absolute atomic E-state index is 12.1. The summed E-state index contributed by atoms with van der Waals surface area (Å²) < 4.78 is 11.8. The van der Waals surface area contributed by atoms with E-state index in [9.17, 15) is 15.0 Å². The zero-order chi connectivity index (χ0) is 16.3. The molecule has 0 radical (unpaired) electrons. The highest BCUT2D eigenvalue weighted by atomic mass is 16.6. The van der Waals surface area contributed by atoms with E-state index in [1.54, 1.807) is 13.8 Å². The van der Waals surface area contributed by atoms with Crippen LogP contribution in [0, 0.1) is 6.92 Å². The number of aliphatic hydroxyl groups is 2. The molecule has 0 unspecified atom stereocenters. The summed E-state index contributed by atoms with van der Waals surface area (Å²) in [6, 6.07) is 0. The summed E-state index contributed by atoms with van der Waals surface area (Å²) in [6.07, 6.45) is -0.672.